The van der Waals surface area contributed by atoms with Crippen LogP contribution in [0, 0.1) is 5.92 Å². The van der Waals surface area contributed by atoms with E-state index in [1.807, 2.05) is 0 Å². The number of benzene rings is 2. The zero-order valence-corrected chi connectivity index (χ0v) is 20.1. The van der Waals surface area contributed by atoms with Gasteiger partial charge in [0.15, 0.2) is 5.78 Å². The van der Waals surface area contributed by atoms with Crippen LogP contribution in [0.2, 0.25) is 0 Å². The fourth-order valence-corrected chi connectivity index (χ4v) is 4.36. The second-order valence-corrected chi connectivity index (χ2v) is 9.99. The summed E-state index contributed by atoms with van der Waals surface area (Å²) in [4.78, 5) is 11.9. The first-order valence-corrected chi connectivity index (χ1v) is 12.5. The molecule has 0 fully saturated rings. The maximum Gasteiger partial charge on any atom is 0.416 e. The highest BCUT2D eigenvalue weighted by atomic mass is 32.2. The van der Waals surface area contributed by atoms with Gasteiger partial charge in [-0.3, -0.25) is 4.79 Å². The van der Waals surface area contributed by atoms with E-state index in [1.54, 1.807) is 32.9 Å². The molecule has 0 radical (unpaired) electrons. The van der Waals surface area contributed by atoms with Crippen molar-refractivity contribution in [2.45, 2.75) is 57.2 Å². The first-order chi connectivity index (χ1) is 15.8. The van der Waals surface area contributed by atoms with Crippen molar-refractivity contribution in [3.8, 4) is 5.75 Å². The van der Waals surface area contributed by atoms with Gasteiger partial charge in [-0.1, -0.05) is 32.0 Å². The van der Waals surface area contributed by atoms with Gasteiger partial charge in [0.25, 0.3) is 0 Å². The molecule has 34 heavy (non-hydrogen) atoms. The molecule has 0 amide bonds. The number of hydrogen-bond acceptors (Lipinski definition) is 5. The van der Waals surface area contributed by atoms with Crippen molar-refractivity contribution in [1.29, 1.82) is 0 Å². The third kappa shape index (κ3) is 7.70. The van der Waals surface area contributed by atoms with Crippen molar-refractivity contribution in [2.75, 3.05) is 6.61 Å². The maximum absolute atomic E-state index is 12.9. The van der Waals surface area contributed by atoms with Crippen molar-refractivity contribution in [3.05, 3.63) is 64.6 Å². The highest BCUT2D eigenvalue weighted by Crippen LogP contribution is 2.30. The van der Waals surface area contributed by atoms with Crippen molar-refractivity contribution in [2.24, 2.45) is 5.92 Å². The number of ketones is 1. The largest absolute Gasteiger partial charge is 0.492 e. The predicted molar refractivity (Wildman–Crippen MR) is 124 cm³/mol. The summed E-state index contributed by atoms with van der Waals surface area (Å²) in [6, 6.07) is 8.81. The number of rotatable bonds is 11. The highest BCUT2D eigenvalue weighted by Gasteiger charge is 2.29. The Bertz CT molecular complexity index is 1100. The Balaban J connectivity index is 2.16. The van der Waals surface area contributed by atoms with Crippen LogP contribution in [-0.2, 0) is 27.2 Å². The molecule has 0 bridgehead atoms. The number of carbonyl (C=O) groups excluding carboxylic acids is 1. The van der Waals surface area contributed by atoms with Crippen molar-refractivity contribution in [3.63, 3.8) is 0 Å². The van der Waals surface area contributed by atoms with Crippen LogP contribution in [0.25, 0.3) is 6.08 Å². The van der Waals surface area contributed by atoms with Gasteiger partial charge in [-0.05, 0) is 67.2 Å². The summed E-state index contributed by atoms with van der Waals surface area (Å²) in [7, 11) is -3.94. The lowest BCUT2D eigenvalue weighted by atomic mass is 9.98. The Labute approximate surface area is 198 Å². The van der Waals surface area contributed by atoms with E-state index >= 15 is 0 Å². The quantitative estimate of drug-likeness (QED) is 0.445. The Morgan fingerprint density at radius 3 is 2.32 bits per heavy atom. The van der Waals surface area contributed by atoms with Crippen molar-refractivity contribution < 1.29 is 36.2 Å². The molecule has 2 aromatic carbocycles. The molecule has 0 aliphatic heterocycles. The molecule has 0 unspecified atom stereocenters. The summed E-state index contributed by atoms with van der Waals surface area (Å²) in [5, 5.41) is 10.8. The predicted octanol–water partition coefficient (Wildman–Crippen LogP) is 5.46. The normalized spacial score (nSPS) is 13.4. The number of aryl methyl sites for hydroxylation is 1. The number of sulfone groups is 1. The number of carbonyl (C=O) groups is 1. The van der Waals surface area contributed by atoms with Gasteiger partial charge in [0.05, 0.1) is 12.2 Å². The molecule has 9 heteroatoms. The molecule has 0 aliphatic rings. The van der Waals surface area contributed by atoms with E-state index in [9.17, 15) is 31.5 Å². The number of Topliss-reactive ketones (excluding diaryl/α,β-unsaturated/α-hetero) is 1. The van der Waals surface area contributed by atoms with E-state index in [2.05, 4.69) is 0 Å². The zero-order valence-electron chi connectivity index (χ0n) is 19.3. The summed E-state index contributed by atoms with van der Waals surface area (Å²) in [6.07, 6.45) is -3.04. The van der Waals surface area contributed by atoms with E-state index in [1.165, 1.54) is 24.3 Å². The van der Waals surface area contributed by atoms with Crippen molar-refractivity contribution in [1.82, 2.24) is 0 Å². The smallest absolute Gasteiger partial charge is 0.416 e. The third-order valence-corrected chi connectivity index (χ3v) is 6.59. The lowest BCUT2D eigenvalue weighted by molar-refractivity contribution is -0.137. The van der Waals surface area contributed by atoms with E-state index in [-0.39, 0.29) is 35.4 Å². The zero-order chi connectivity index (χ0) is 25.5. The molecular weight excluding hydrogens is 469 g/mol. The molecule has 0 saturated heterocycles. The minimum absolute atomic E-state index is 0.0624. The number of aliphatic hydroxyl groups excluding tert-OH is 1. The van der Waals surface area contributed by atoms with Gasteiger partial charge in [-0.2, -0.15) is 13.2 Å². The topological polar surface area (TPSA) is 80.7 Å². The lowest BCUT2D eigenvalue weighted by Crippen LogP contribution is -2.25. The molecule has 0 saturated carbocycles. The molecule has 0 spiro atoms. The first kappa shape index (κ1) is 27.6. The fourth-order valence-electron chi connectivity index (χ4n) is 3.22. The minimum Gasteiger partial charge on any atom is -0.492 e. The Morgan fingerprint density at radius 2 is 1.76 bits per heavy atom. The van der Waals surface area contributed by atoms with Crippen LogP contribution in [-0.4, -0.2) is 32.0 Å². The van der Waals surface area contributed by atoms with Crippen LogP contribution in [0.15, 0.2) is 52.8 Å². The molecule has 186 valence electrons. The SMILES string of the molecule is CCOc1cc(CCCC(=O)[C@@H](O)C(C)C)ccc1S(=O)(=O)/C=C/c1ccc(C(F)(F)F)cc1. The number of halogens is 3. The minimum atomic E-state index is -4.47. The maximum atomic E-state index is 12.9. The standard InChI is InChI=1S/C25H29F3O5S/c1-4-33-22-16-19(6-5-7-21(29)24(30)17(2)3)10-13-23(22)34(31,32)15-14-18-8-11-20(12-9-18)25(26,27)28/h8-17,24,30H,4-7H2,1-3H3/b15-14+/t24-/m0/s1. The Kier molecular flexibility index (Phi) is 9.46. The van der Waals surface area contributed by atoms with Gasteiger partial charge in [0.2, 0.25) is 9.84 Å². The Hall–Kier alpha value is -2.65. The fraction of sp³-hybridized carbons (Fsp3) is 0.400. The van der Waals surface area contributed by atoms with Crippen LogP contribution >= 0.6 is 0 Å². The lowest BCUT2D eigenvalue weighted by Gasteiger charge is -2.13. The van der Waals surface area contributed by atoms with Crippen LogP contribution in [0.5, 0.6) is 5.75 Å². The monoisotopic (exact) mass is 498 g/mol. The van der Waals surface area contributed by atoms with E-state index in [4.69, 9.17) is 4.74 Å². The molecule has 1 atom stereocenters. The van der Waals surface area contributed by atoms with E-state index in [0.717, 1.165) is 23.1 Å². The summed E-state index contributed by atoms with van der Waals surface area (Å²) in [6.45, 7) is 5.48. The molecule has 1 N–H and O–H groups in total. The third-order valence-electron chi connectivity index (χ3n) is 5.14. The van der Waals surface area contributed by atoms with Crippen molar-refractivity contribution >= 4 is 21.7 Å². The summed E-state index contributed by atoms with van der Waals surface area (Å²) < 4.78 is 69.3. The summed E-state index contributed by atoms with van der Waals surface area (Å²) >= 11 is 0. The van der Waals surface area contributed by atoms with E-state index < -0.39 is 27.7 Å². The molecular formula is C25H29F3O5S. The van der Waals surface area contributed by atoms with Gasteiger partial charge in [-0.15, -0.1) is 0 Å². The molecule has 2 aromatic rings. The van der Waals surface area contributed by atoms with Gasteiger partial charge < -0.3 is 9.84 Å². The second kappa shape index (κ2) is 11.7. The van der Waals surface area contributed by atoms with Crippen LogP contribution in [0.3, 0.4) is 0 Å². The first-order valence-electron chi connectivity index (χ1n) is 10.9. The second-order valence-electron chi connectivity index (χ2n) is 8.19. The van der Waals surface area contributed by atoms with Crippen LogP contribution < -0.4 is 4.74 Å². The summed E-state index contributed by atoms with van der Waals surface area (Å²) in [5.41, 5.74) is 0.266. The van der Waals surface area contributed by atoms with Crippen LogP contribution in [0.4, 0.5) is 13.2 Å². The molecule has 5 nitrogen and oxygen atoms in total. The summed E-state index contributed by atoms with van der Waals surface area (Å²) in [5.74, 6) is -0.226. The molecule has 0 heterocycles. The Morgan fingerprint density at radius 1 is 1.12 bits per heavy atom. The van der Waals surface area contributed by atoms with E-state index in [0.29, 0.717) is 18.4 Å². The van der Waals surface area contributed by atoms with Gasteiger partial charge in [0, 0.05) is 11.8 Å². The average molecular weight is 499 g/mol. The highest BCUT2D eigenvalue weighted by molar-refractivity contribution is 7.94. The van der Waals surface area contributed by atoms with Gasteiger partial charge in [0.1, 0.15) is 16.7 Å². The van der Waals surface area contributed by atoms with Gasteiger partial charge in [-0.25, -0.2) is 8.42 Å². The number of aliphatic hydroxyl groups is 1. The number of hydrogen-bond donors (Lipinski definition) is 1. The average Bonchev–Trinajstić information content (AvgIpc) is 2.77. The van der Waals surface area contributed by atoms with Gasteiger partial charge >= 0.3 is 6.18 Å². The number of ether oxygens (including phenoxy) is 1. The van der Waals surface area contributed by atoms with Crippen LogP contribution in [0.1, 0.15) is 50.3 Å². The molecule has 0 aliphatic carbocycles. The number of alkyl halides is 3. The molecule has 2 rings (SSSR count). The molecule has 0 aromatic heterocycles.